The number of rotatable bonds is 4. The Bertz CT molecular complexity index is 872. The number of aryl methyl sites for hydroxylation is 1. The summed E-state index contributed by atoms with van der Waals surface area (Å²) in [7, 11) is -2.45. The van der Waals surface area contributed by atoms with Gasteiger partial charge in [-0.05, 0) is 30.7 Å². The summed E-state index contributed by atoms with van der Waals surface area (Å²) in [5.41, 5.74) is 0.546. The van der Waals surface area contributed by atoms with Crippen LogP contribution in [0.25, 0.3) is 0 Å². The van der Waals surface area contributed by atoms with E-state index in [2.05, 4.69) is 15.1 Å². The van der Waals surface area contributed by atoms with E-state index in [1.54, 1.807) is 0 Å². The van der Waals surface area contributed by atoms with Crippen molar-refractivity contribution in [3.05, 3.63) is 46.6 Å². The number of hydrogen-bond donors (Lipinski definition) is 2. The highest BCUT2D eigenvalue weighted by atomic mass is 35.5. The van der Waals surface area contributed by atoms with Gasteiger partial charge in [-0.3, -0.25) is 4.68 Å². The van der Waals surface area contributed by atoms with Gasteiger partial charge in [-0.1, -0.05) is 17.7 Å². The second-order valence-corrected chi connectivity index (χ2v) is 7.96. The molecule has 1 saturated heterocycles. The smallest absolute Gasteiger partial charge is 0.259 e. The van der Waals surface area contributed by atoms with E-state index in [1.165, 1.54) is 24.0 Å². The van der Waals surface area contributed by atoms with Crippen LogP contribution in [0.1, 0.15) is 17.9 Å². The largest absolute Gasteiger partial charge is 0.315 e. The molecule has 0 saturated carbocycles. The highest BCUT2D eigenvalue weighted by molar-refractivity contribution is 7.89. The molecule has 1 aromatic heterocycles. The van der Waals surface area contributed by atoms with Crippen LogP contribution in [0.3, 0.4) is 0 Å². The Balaban J connectivity index is 0.00000243. The molecule has 6 nitrogen and oxygen atoms in total. The van der Waals surface area contributed by atoms with Gasteiger partial charge in [0.05, 0.1) is 11.2 Å². The standard InChI is InChI=1S/C15H17ClF2N4O2S.ClH/c1-22-15(11(16)7-20-22)25(23,24)21-14-8-19-5-4-10(14)9-2-3-12(17)13(18)6-9;/h2-3,6-7,10,14,19,21H,4-5,8H2,1H3;1H. The Labute approximate surface area is 161 Å². The quantitative estimate of drug-likeness (QED) is 0.785. The summed E-state index contributed by atoms with van der Waals surface area (Å²) in [6.07, 6.45) is 1.83. The molecule has 26 heavy (non-hydrogen) atoms. The molecule has 1 aliphatic heterocycles. The van der Waals surface area contributed by atoms with E-state index >= 15 is 0 Å². The zero-order chi connectivity index (χ0) is 18.2. The SMILES string of the molecule is Cl.Cn1ncc(Cl)c1S(=O)(=O)NC1CNCCC1c1ccc(F)c(F)c1. The zero-order valence-corrected chi connectivity index (χ0v) is 16.1. The summed E-state index contributed by atoms with van der Waals surface area (Å²) in [6.45, 7) is 1.01. The Kier molecular flexibility index (Phi) is 6.62. The molecule has 2 N–H and O–H groups in total. The number of nitrogens with zero attached hydrogens (tertiary/aromatic N) is 2. The molecular weight excluding hydrogens is 409 g/mol. The van der Waals surface area contributed by atoms with Gasteiger partial charge in [-0.25, -0.2) is 21.9 Å². The predicted molar refractivity (Wildman–Crippen MR) is 96.2 cm³/mol. The van der Waals surface area contributed by atoms with Gasteiger partial charge in [-0.2, -0.15) is 5.10 Å². The molecule has 11 heteroatoms. The molecule has 0 amide bonds. The Morgan fingerprint density at radius 2 is 2.08 bits per heavy atom. The number of aromatic nitrogens is 2. The van der Waals surface area contributed by atoms with Crippen LogP contribution in [0.4, 0.5) is 8.78 Å². The Hall–Kier alpha value is -1.26. The van der Waals surface area contributed by atoms with Crippen LogP contribution >= 0.6 is 24.0 Å². The van der Waals surface area contributed by atoms with E-state index in [1.807, 2.05) is 0 Å². The molecule has 1 aliphatic rings. The average Bonchev–Trinajstić information content (AvgIpc) is 2.90. The van der Waals surface area contributed by atoms with Gasteiger partial charge in [0.2, 0.25) is 0 Å². The number of halogens is 4. The minimum absolute atomic E-state index is 0. The van der Waals surface area contributed by atoms with Crippen LogP contribution in [-0.4, -0.2) is 37.3 Å². The van der Waals surface area contributed by atoms with Gasteiger partial charge in [0.25, 0.3) is 10.0 Å². The summed E-state index contributed by atoms with van der Waals surface area (Å²) < 4.78 is 55.9. The number of hydrogen-bond acceptors (Lipinski definition) is 4. The first-order valence-corrected chi connectivity index (χ1v) is 9.51. The highest BCUT2D eigenvalue weighted by Crippen LogP contribution is 2.29. The molecule has 2 aromatic rings. The van der Waals surface area contributed by atoms with Crippen LogP contribution < -0.4 is 10.0 Å². The van der Waals surface area contributed by atoms with Crippen molar-refractivity contribution in [1.29, 1.82) is 0 Å². The topological polar surface area (TPSA) is 76.0 Å². The van der Waals surface area contributed by atoms with Crippen molar-refractivity contribution in [2.75, 3.05) is 13.1 Å². The van der Waals surface area contributed by atoms with Crippen molar-refractivity contribution in [3.63, 3.8) is 0 Å². The average molecular weight is 427 g/mol. The van der Waals surface area contributed by atoms with Crippen LogP contribution in [0.2, 0.25) is 5.02 Å². The van der Waals surface area contributed by atoms with Crippen LogP contribution in [0, 0.1) is 11.6 Å². The summed E-state index contributed by atoms with van der Waals surface area (Å²) in [4.78, 5) is 0. The lowest BCUT2D eigenvalue weighted by atomic mass is 9.86. The fourth-order valence-electron chi connectivity index (χ4n) is 3.08. The molecular formula is C15H18Cl2F2N4O2S. The summed E-state index contributed by atoms with van der Waals surface area (Å²) >= 11 is 5.93. The van der Waals surface area contributed by atoms with Crippen LogP contribution in [0.5, 0.6) is 0 Å². The number of sulfonamides is 1. The van der Waals surface area contributed by atoms with Crippen molar-refractivity contribution < 1.29 is 17.2 Å². The van der Waals surface area contributed by atoms with Crippen molar-refractivity contribution in [2.24, 2.45) is 7.05 Å². The molecule has 0 aliphatic carbocycles. The van der Waals surface area contributed by atoms with Gasteiger partial charge in [-0.15, -0.1) is 12.4 Å². The summed E-state index contributed by atoms with van der Waals surface area (Å²) in [5.74, 6) is -2.18. The first-order chi connectivity index (χ1) is 11.8. The Morgan fingerprint density at radius 3 is 2.69 bits per heavy atom. The first-order valence-electron chi connectivity index (χ1n) is 7.65. The lowest BCUT2D eigenvalue weighted by Gasteiger charge is -2.33. The first kappa shape index (κ1) is 21.0. The summed E-state index contributed by atoms with van der Waals surface area (Å²) in [5, 5.41) is 6.82. The molecule has 3 rings (SSSR count). The second kappa shape index (κ2) is 8.18. The number of benzene rings is 1. The lowest BCUT2D eigenvalue weighted by Crippen LogP contribution is -2.50. The van der Waals surface area contributed by atoms with Crippen molar-refractivity contribution in [1.82, 2.24) is 19.8 Å². The van der Waals surface area contributed by atoms with Crippen molar-refractivity contribution >= 4 is 34.0 Å². The maximum absolute atomic E-state index is 13.6. The van der Waals surface area contributed by atoms with Crippen LogP contribution in [-0.2, 0) is 17.1 Å². The molecule has 144 valence electrons. The lowest BCUT2D eigenvalue weighted by molar-refractivity contribution is 0.375. The van der Waals surface area contributed by atoms with E-state index in [9.17, 15) is 17.2 Å². The van der Waals surface area contributed by atoms with Crippen molar-refractivity contribution in [3.8, 4) is 0 Å². The van der Waals surface area contributed by atoms with Gasteiger partial charge < -0.3 is 5.32 Å². The number of nitrogens with one attached hydrogen (secondary N) is 2. The molecule has 1 aromatic carbocycles. The number of piperidine rings is 1. The van der Waals surface area contributed by atoms with Crippen LogP contribution in [0.15, 0.2) is 29.4 Å². The molecule has 1 fully saturated rings. The molecule has 2 atom stereocenters. The molecule has 0 radical (unpaired) electrons. The summed E-state index contributed by atoms with van der Waals surface area (Å²) in [6, 6.07) is 3.11. The second-order valence-electron chi connectivity index (χ2n) is 5.92. The fraction of sp³-hybridized carbons (Fsp3) is 0.400. The van der Waals surface area contributed by atoms with E-state index in [0.717, 1.165) is 12.1 Å². The maximum Gasteiger partial charge on any atom is 0.259 e. The fourth-order valence-corrected chi connectivity index (χ4v) is 5.01. The van der Waals surface area contributed by atoms with E-state index < -0.39 is 27.7 Å². The van der Waals surface area contributed by atoms with Gasteiger partial charge in [0.1, 0.15) is 0 Å². The molecule has 0 spiro atoms. The minimum atomic E-state index is -3.93. The van der Waals surface area contributed by atoms with E-state index in [4.69, 9.17) is 11.6 Å². The van der Waals surface area contributed by atoms with E-state index in [-0.39, 0.29) is 28.4 Å². The van der Waals surface area contributed by atoms with Crippen molar-refractivity contribution in [2.45, 2.75) is 23.4 Å². The van der Waals surface area contributed by atoms with E-state index in [0.29, 0.717) is 25.1 Å². The zero-order valence-electron chi connectivity index (χ0n) is 13.7. The molecule has 2 heterocycles. The third-order valence-electron chi connectivity index (χ3n) is 4.26. The Morgan fingerprint density at radius 1 is 1.35 bits per heavy atom. The minimum Gasteiger partial charge on any atom is -0.315 e. The molecule has 2 unspecified atom stereocenters. The van der Waals surface area contributed by atoms with Gasteiger partial charge in [0.15, 0.2) is 16.7 Å². The third-order valence-corrected chi connectivity index (χ3v) is 6.25. The van der Waals surface area contributed by atoms with Gasteiger partial charge in [0, 0.05) is 25.6 Å². The predicted octanol–water partition coefficient (Wildman–Crippen LogP) is 2.20. The normalized spacial score (nSPS) is 20.6. The third kappa shape index (κ3) is 4.17. The highest BCUT2D eigenvalue weighted by Gasteiger charge is 2.33. The van der Waals surface area contributed by atoms with Gasteiger partial charge >= 0.3 is 0 Å². The monoisotopic (exact) mass is 426 g/mol. The maximum atomic E-state index is 13.6. The molecule has 0 bridgehead atoms.